The van der Waals surface area contributed by atoms with Crippen LogP contribution in [0, 0.1) is 0 Å². The van der Waals surface area contributed by atoms with Crippen molar-refractivity contribution in [1.29, 1.82) is 0 Å². The molecule has 0 aliphatic rings. The maximum atomic E-state index is 12.5. The molecule has 2 nitrogen and oxygen atoms in total. The van der Waals surface area contributed by atoms with E-state index >= 15 is 0 Å². The number of alkyl halides is 3. The first-order valence-corrected chi connectivity index (χ1v) is 6.53. The van der Waals surface area contributed by atoms with Gasteiger partial charge in [0, 0.05) is 6.42 Å². The van der Waals surface area contributed by atoms with Crippen molar-refractivity contribution in [2.45, 2.75) is 12.6 Å². The Bertz CT molecular complexity index is 673. The van der Waals surface area contributed by atoms with E-state index in [1.54, 1.807) is 0 Å². The summed E-state index contributed by atoms with van der Waals surface area (Å²) in [6.07, 6.45) is -4.14. The lowest BCUT2D eigenvalue weighted by atomic mass is 9.97. The molecule has 2 rings (SSSR count). The van der Waals surface area contributed by atoms with Crippen molar-refractivity contribution in [3.8, 4) is 0 Å². The number of hydrogen-bond acceptors (Lipinski definition) is 2. The first kappa shape index (κ1) is 15.8. The van der Waals surface area contributed by atoms with E-state index in [0.717, 1.165) is 17.7 Å². The van der Waals surface area contributed by atoms with E-state index in [2.05, 4.69) is 11.7 Å². The summed E-state index contributed by atoms with van der Waals surface area (Å²) < 4.78 is 37.6. The molecule has 22 heavy (non-hydrogen) atoms. The molecular formula is C17H14F3NO. The average molecular weight is 305 g/mol. The normalized spacial score (nSPS) is 12.2. The van der Waals surface area contributed by atoms with Crippen molar-refractivity contribution < 1.29 is 18.4 Å². The molecule has 0 aliphatic heterocycles. The van der Waals surface area contributed by atoms with Gasteiger partial charge in [0.2, 0.25) is 0 Å². The summed E-state index contributed by atoms with van der Waals surface area (Å²) in [5.74, 6) is 0. The summed E-state index contributed by atoms with van der Waals surface area (Å²) in [5, 5.41) is 12.3. The fourth-order valence-corrected chi connectivity index (χ4v) is 2.02. The largest absolute Gasteiger partial charge is 0.416 e. The van der Waals surface area contributed by atoms with Crippen LogP contribution in [0.1, 0.15) is 23.1 Å². The fourth-order valence-electron chi connectivity index (χ4n) is 2.02. The molecule has 0 saturated carbocycles. The lowest BCUT2D eigenvalue weighted by Gasteiger charge is -2.10. The van der Waals surface area contributed by atoms with Gasteiger partial charge < -0.3 is 5.21 Å². The third-order valence-corrected chi connectivity index (χ3v) is 3.23. The van der Waals surface area contributed by atoms with Crippen LogP contribution in [-0.2, 0) is 6.18 Å². The second kappa shape index (κ2) is 6.47. The molecule has 0 bridgehead atoms. The molecular weight excluding hydrogens is 291 g/mol. The van der Waals surface area contributed by atoms with Crippen molar-refractivity contribution in [2.24, 2.45) is 5.16 Å². The molecule has 0 atom stereocenters. The Morgan fingerprint density at radius 2 is 1.55 bits per heavy atom. The topological polar surface area (TPSA) is 32.6 Å². The second-order valence-electron chi connectivity index (χ2n) is 4.77. The van der Waals surface area contributed by atoms with Crippen molar-refractivity contribution in [2.75, 3.05) is 0 Å². The number of oxime groups is 1. The zero-order valence-corrected chi connectivity index (χ0v) is 11.6. The zero-order valence-electron chi connectivity index (χ0n) is 11.6. The van der Waals surface area contributed by atoms with Crippen LogP contribution < -0.4 is 0 Å². The van der Waals surface area contributed by atoms with Gasteiger partial charge in [-0.3, -0.25) is 0 Å². The summed E-state index contributed by atoms with van der Waals surface area (Å²) in [5.41, 5.74) is 1.55. The minimum Gasteiger partial charge on any atom is -0.411 e. The predicted molar refractivity (Wildman–Crippen MR) is 79.9 cm³/mol. The molecule has 1 N–H and O–H groups in total. The van der Waals surface area contributed by atoms with Gasteiger partial charge in [-0.15, -0.1) is 0 Å². The summed E-state index contributed by atoms with van der Waals surface area (Å²) in [7, 11) is 0. The van der Waals surface area contributed by atoms with E-state index in [1.165, 1.54) is 12.1 Å². The van der Waals surface area contributed by atoms with E-state index in [-0.39, 0.29) is 12.1 Å². The van der Waals surface area contributed by atoms with Crippen LogP contribution >= 0.6 is 0 Å². The number of hydrogen-bond donors (Lipinski definition) is 1. The Kier molecular flexibility index (Phi) is 4.65. The Morgan fingerprint density at radius 1 is 0.955 bits per heavy atom. The van der Waals surface area contributed by atoms with Crippen LogP contribution in [0.2, 0.25) is 0 Å². The molecule has 5 heteroatoms. The Hall–Kier alpha value is -2.56. The van der Waals surface area contributed by atoms with Crippen LogP contribution in [0.4, 0.5) is 13.2 Å². The number of halogens is 3. The van der Waals surface area contributed by atoms with E-state index in [4.69, 9.17) is 5.21 Å². The van der Waals surface area contributed by atoms with Crippen molar-refractivity contribution >= 4 is 11.3 Å². The summed E-state index contributed by atoms with van der Waals surface area (Å²) in [6.45, 7) is 3.92. The summed E-state index contributed by atoms with van der Waals surface area (Å²) in [6, 6.07) is 13.8. The predicted octanol–water partition coefficient (Wildman–Crippen LogP) is 4.99. The molecule has 0 radical (unpaired) electrons. The maximum Gasteiger partial charge on any atom is 0.416 e. The second-order valence-corrected chi connectivity index (χ2v) is 4.77. The lowest BCUT2D eigenvalue weighted by molar-refractivity contribution is -0.137. The SMILES string of the molecule is C=C(C/C(=N\O)c1ccc(C(F)(F)F)cc1)c1ccccc1. The van der Waals surface area contributed by atoms with Crippen LogP contribution in [0.15, 0.2) is 66.3 Å². The van der Waals surface area contributed by atoms with Gasteiger partial charge in [-0.2, -0.15) is 13.2 Å². The first-order chi connectivity index (χ1) is 10.4. The molecule has 2 aromatic rings. The molecule has 0 aliphatic carbocycles. The highest BCUT2D eigenvalue weighted by Gasteiger charge is 2.30. The zero-order chi connectivity index (χ0) is 16.2. The van der Waals surface area contributed by atoms with Gasteiger partial charge in [0.1, 0.15) is 0 Å². The Labute approximate surface area is 126 Å². The highest BCUT2D eigenvalue weighted by molar-refractivity contribution is 6.05. The number of rotatable bonds is 4. The maximum absolute atomic E-state index is 12.5. The van der Waals surface area contributed by atoms with Crippen molar-refractivity contribution in [3.05, 3.63) is 77.9 Å². The molecule has 0 amide bonds. The van der Waals surface area contributed by atoms with E-state index < -0.39 is 11.7 Å². The molecule has 0 fully saturated rings. The van der Waals surface area contributed by atoms with E-state index in [0.29, 0.717) is 11.1 Å². The quantitative estimate of drug-likeness (QED) is 0.482. The van der Waals surface area contributed by atoms with Gasteiger partial charge in [0.15, 0.2) is 0 Å². The number of allylic oxidation sites excluding steroid dienone is 1. The van der Waals surface area contributed by atoms with Crippen LogP contribution in [0.25, 0.3) is 5.57 Å². The lowest BCUT2D eigenvalue weighted by Crippen LogP contribution is -2.07. The average Bonchev–Trinajstić information content (AvgIpc) is 2.52. The van der Waals surface area contributed by atoms with Gasteiger partial charge in [0.25, 0.3) is 0 Å². The molecule has 0 heterocycles. The van der Waals surface area contributed by atoms with Gasteiger partial charge in [-0.1, -0.05) is 54.2 Å². The van der Waals surface area contributed by atoms with Gasteiger partial charge >= 0.3 is 6.18 Å². The van der Waals surface area contributed by atoms with Crippen molar-refractivity contribution in [1.82, 2.24) is 0 Å². The molecule has 0 unspecified atom stereocenters. The van der Waals surface area contributed by atoms with Gasteiger partial charge in [-0.05, 0) is 28.8 Å². The van der Waals surface area contributed by atoms with E-state index in [1.807, 2.05) is 30.3 Å². The molecule has 0 aromatic heterocycles. The van der Waals surface area contributed by atoms with Crippen LogP contribution in [0.5, 0.6) is 0 Å². The Balaban J connectivity index is 2.18. The fraction of sp³-hybridized carbons (Fsp3) is 0.118. The molecule has 2 aromatic carbocycles. The molecule has 0 spiro atoms. The highest BCUT2D eigenvalue weighted by atomic mass is 19.4. The van der Waals surface area contributed by atoms with Crippen LogP contribution in [-0.4, -0.2) is 10.9 Å². The summed E-state index contributed by atoms with van der Waals surface area (Å²) >= 11 is 0. The number of nitrogens with zero attached hydrogens (tertiary/aromatic N) is 1. The minimum atomic E-state index is -4.39. The first-order valence-electron chi connectivity index (χ1n) is 6.53. The smallest absolute Gasteiger partial charge is 0.411 e. The van der Waals surface area contributed by atoms with E-state index in [9.17, 15) is 13.2 Å². The Morgan fingerprint density at radius 3 is 2.05 bits per heavy atom. The van der Waals surface area contributed by atoms with Gasteiger partial charge in [0.05, 0.1) is 11.3 Å². The molecule has 114 valence electrons. The highest BCUT2D eigenvalue weighted by Crippen LogP contribution is 2.29. The monoisotopic (exact) mass is 305 g/mol. The minimum absolute atomic E-state index is 0.242. The number of benzene rings is 2. The third-order valence-electron chi connectivity index (χ3n) is 3.23. The van der Waals surface area contributed by atoms with Crippen LogP contribution in [0.3, 0.4) is 0 Å². The summed E-state index contributed by atoms with van der Waals surface area (Å²) in [4.78, 5) is 0. The molecule has 0 saturated heterocycles. The standard InChI is InChI=1S/C17H14F3NO/c1-12(13-5-3-2-4-6-13)11-16(21-22)14-7-9-15(10-8-14)17(18,19)20/h2-10,22H,1,11H2/b21-16+. The third kappa shape index (κ3) is 3.75. The van der Waals surface area contributed by atoms with Crippen molar-refractivity contribution in [3.63, 3.8) is 0 Å². The van der Waals surface area contributed by atoms with Gasteiger partial charge in [-0.25, -0.2) is 0 Å².